The van der Waals surface area contributed by atoms with Gasteiger partial charge in [-0.05, 0) is 25.8 Å². The highest BCUT2D eigenvalue weighted by molar-refractivity contribution is 6.32. The second-order valence-corrected chi connectivity index (χ2v) is 5.03. The molecule has 1 aliphatic carbocycles. The maximum Gasteiger partial charge on any atom is 0.0855 e. The number of aromatic amines is 1. The molecule has 0 radical (unpaired) electrons. The second kappa shape index (κ2) is 3.80. The molecular weight excluding hydrogens is 210 g/mol. The summed E-state index contributed by atoms with van der Waals surface area (Å²) < 4.78 is 0. The number of nitrogens with one attached hydrogen (secondary N) is 2. The van der Waals surface area contributed by atoms with Gasteiger partial charge in [0.15, 0.2) is 0 Å². The van der Waals surface area contributed by atoms with Crippen LogP contribution in [0.25, 0.3) is 0 Å². The summed E-state index contributed by atoms with van der Waals surface area (Å²) in [5, 5.41) is 11.8. The van der Waals surface area contributed by atoms with E-state index in [1.807, 2.05) is 0 Å². The Labute approximate surface area is 94.6 Å². The Hall–Kier alpha value is -0.540. The fraction of sp³-hybridized carbons (Fsp3) is 0.727. The minimum absolute atomic E-state index is 0.516. The molecule has 2 N–H and O–H groups in total. The van der Waals surface area contributed by atoms with Crippen LogP contribution in [-0.4, -0.2) is 23.3 Å². The fourth-order valence-corrected chi connectivity index (χ4v) is 2.88. The van der Waals surface area contributed by atoms with E-state index in [1.165, 1.54) is 25.0 Å². The summed E-state index contributed by atoms with van der Waals surface area (Å²) in [6.45, 7) is 2.11. The molecule has 1 aromatic heterocycles. The number of hydrogen-bond donors (Lipinski definition) is 2. The summed E-state index contributed by atoms with van der Waals surface area (Å²) in [4.78, 5) is 0. The zero-order chi connectivity index (χ0) is 10.3. The standard InChI is InChI=1S/C11H16ClN3/c12-9-10(7-2-1-3-7)14-15-11(9)8-4-5-13-6-8/h7-8,13H,1-6H2,(H,14,15). The van der Waals surface area contributed by atoms with Crippen LogP contribution in [0.5, 0.6) is 0 Å². The molecule has 82 valence electrons. The maximum atomic E-state index is 6.39. The van der Waals surface area contributed by atoms with Gasteiger partial charge in [0.2, 0.25) is 0 Å². The molecule has 0 bridgehead atoms. The molecule has 3 nitrogen and oxygen atoms in total. The van der Waals surface area contributed by atoms with Crippen molar-refractivity contribution in [2.24, 2.45) is 0 Å². The lowest BCUT2D eigenvalue weighted by Crippen LogP contribution is -2.10. The van der Waals surface area contributed by atoms with E-state index in [0.29, 0.717) is 11.8 Å². The van der Waals surface area contributed by atoms with Crippen LogP contribution in [-0.2, 0) is 0 Å². The van der Waals surface area contributed by atoms with Gasteiger partial charge in [0.25, 0.3) is 0 Å². The van der Waals surface area contributed by atoms with Gasteiger partial charge in [-0.1, -0.05) is 18.0 Å². The summed E-state index contributed by atoms with van der Waals surface area (Å²) in [5.74, 6) is 1.16. The van der Waals surface area contributed by atoms with Gasteiger partial charge in [-0.15, -0.1) is 0 Å². The van der Waals surface area contributed by atoms with Gasteiger partial charge in [0.05, 0.1) is 16.4 Å². The third-order valence-electron chi connectivity index (χ3n) is 3.72. The lowest BCUT2D eigenvalue weighted by atomic mass is 9.82. The van der Waals surface area contributed by atoms with Gasteiger partial charge in [0, 0.05) is 18.4 Å². The van der Waals surface area contributed by atoms with Crippen LogP contribution in [0, 0.1) is 0 Å². The van der Waals surface area contributed by atoms with E-state index in [0.717, 1.165) is 30.2 Å². The maximum absolute atomic E-state index is 6.39. The second-order valence-electron chi connectivity index (χ2n) is 4.65. The Morgan fingerprint density at radius 1 is 1.20 bits per heavy atom. The molecule has 2 heterocycles. The summed E-state index contributed by atoms with van der Waals surface area (Å²) in [7, 11) is 0. The van der Waals surface area contributed by atoms with Crippen molar-refractivity contribution in [3.63, 3.8) is 0 Å². The lowest BCUT2D eigenvalue weighted by Gasteiger charge is -2.24. The van der Waals surface area contributed by atoms with Crippen molar-refractivity contribution in [3.05, 3.63) is 16.4 Å². The summed E-state index contributed by atoms with van der Waals surface area (Å²) >= 11 is 6.39. The summed E-state index contributed by atoms with van der Waals surface area (Å²) in [6, 6.07) is 0. The quantitative estimate of drug-likeness (QED) is 0.812. The largest absolute Gasteiger partial charge is 0.316 e. The van der Waals surface area contributed by atoms with Gasteiger partial charge in [-0.2, -0.15) is 5.10 Å². The molecule has 2 fully saturated rings. The molecule has 1 unspecified atom stereocenters. The first-order valence-corrected chi connectivity index (χ1v) is 6.18. The van der Waals surface area contributed by atoms with Crippen molar-refractivity contribution in [2.45, 2.75) is 37.5 Å². The highest BCUT2D eigenvalue weighted by Gasteiger charge is 2.29. The Balaban J connectivity index is 1.85. The van der Waals surface area contributed by atoms with E-state index < -0.39 is 0 Å². The molecule has 2 aliphatic rings. The third-order valence-corrected chi connectivity index (χ3v) is 4.12. The third kappa shape index (κ3) is 1.58. The number of aromatic nitrogens is 2. The Morgan fingerprint density at radius 2 is 2.07 bits per heavy atom. The van der Waals surface area contributed by atoms with Crippen LogP contribution >= 0.6 is 11.6 Å². The Kier molecular flexibility index (Phi) is 2.45. The number of H-pyrrole nitrogens is 1. The van der Waals surface area contributed by atoms with Crippen molar-refractivity contribution in [3.8, 4) is 0 Å². The van der Waals surface area contributed by atoms with Crippen LogP contribution < -0.4 is 5.32 Å². The highest BCUT2D eigenvalue weighted by Crippen LogP contribution is 2.41. The molecule has 0 spiro atoms. The Morgan fingerprint density at radius 3 is 2.67 bits per heavy atom. The molecule has 1 saturated carbocycles. The van der Waals surface area contributed by atoms with E-state index in [2.05, 4.69) is 15.5 Å². The first-order chi connectivity index (χ1) is 7.36. The van der Waals surface area contributed by atoms with Crippen molar-refractivity contribution in [1.29, 1.82) is 0 Å². The average molecular weight is 226 g/mol. The topological polar surface area (TPSA) is 40.7 Å². The van der Waals surface area contributed by atoms with Gasteiger partial charge < -0.3 is 5.32 Å². The zero-order valence-corrected chi connectivity index (χ0v) is 9.48. The van der Waals surface area contributed by atoms with Gasteiger partial charge >= 0.3 is 0 Å². The van der Waals surface area contributed by atoms with Crippen LogP contribution in [0.4, 0.5) is 0 Å². The minimum atomic E-state index is 0.516. The molecule has 3 rings (SSSR count). The van der Waals surface area contributed by atoms with Crippen molar-refractivity contribution in [2.75, 3.05) is 13.1 Å². The van der Waals surface area contributed by atoms with Crippen molar-refractivity contribution < 1.29 is 0 Å². The average Bonchev–Trinajstić information content (AvgIpc) is 2.74. The van der Waals surface area contributed by atoms with E-state index in [1.54, 1.807) is 0 Å². The molecule has 1 atom stereocenters. The molecular formula is C11H16ClN3. The van der Waals surface area contributed by atoms with Crippen LogP contribution in [0.1, 0.15) is 48.9 Å². The molecule has 0 amide bonds. The Bertz CT molecular complexity index is 351. The first-order valence-electron chi connectivity index (χ1n) is 5.80. The van der Waals surface area contributed by atoms with Crippen LogP contribution in [0.3, 0.4) is 0 Å². The van der Waals surface area contributed by atoms with E-state index in [9.17, 15) is 0 Å². The zero-order valence-electron chi connectivity index (χ0n) is 8.72. The van der Waals surface area contributed by atoms with Crippen LogP contribution in [0.2, 0.25) is 5.02 Å². The number of halogens is 1. The number of hydrogen-bond acceptors (Lipinski definition) is 2. The number of rotatable bonds is 2. The van der Waals surface area contributed by atoms with E-state index in [4.69, 9.17) is 11.6 Å². The van der Waals surface area contributed by atoms with Gasteiger partial charge in [0.1, 0.15) is 0 Å². The normalized spacial score (nSPS) is 26.9. The molecule has 15 heavy (non-hydrogen) atoms. The predicted octanol–water partition coefficient (Wildman–Crippen LogP) is 2.41. The minimum Gasteiger partial charge on any atom is -0.316 e. The van der Waals surface area contributed by atoms with Crippen molar-refractivity contribution in [1.82, 2.24) is 15.5 Å². The highest BCUT2D eigenvalue weighted by atomic mass is 35.5. The predicted molar refractivity (Wildman–Crippen MR) is 60.4 cm³/mol. The fourth-order valence-electron chi connectivity index (χ4n) is 2.48. The summed E-state index contributed by atoms with van der Waals surface area (Å²) in [5.41, 5.74) is 2.27. The SMILES string of the molecule is Clc1c(C2CCNC2)n[nH]c1C1CCC1. The molecule has 0 aromatic carbocycles. The van der Waals surface area contributed by atoms with Crippen LogP contribution in [0.15, 0.2) is 0 Å². The van der Waals surface area contributed by atoms with Gasteiger partial charge in [-0.3, -0.25) is 5.10 Å². The van der Waals surface area contributed by atoms with E-state index >= 15 is 0 Å². The van der Waals surface area contributed by atoms with E-state index in [-0.39, 0.29) is 0 Å². The van der Waals surface area contributed by atoms with Gasteiger partial charge in [-0.25, -0.2) is 0 Å². The molecule has 1 aromatic rings. The monoisotopic (exact) mass is 225 g/mol. The molecule has 4 heteroatoms. The first kappa shape index (κ1) is 9.67. The molecule has 1 saturated heterocycles. The summed E-state index contributed by atoms with van der Waals surface area (Å²) in [6.07, 6.45) is 5.03. The smallest absolute Gasteiger partial charge is 0.0855 e. The van der Waals surface area contributed by atoms with Crippen molar-refractivity contribution >= 4 is 11.6 Å². The molecule has 1 aliphatic heterocycles. The number of nitrogens with zero attached hydrogens (tertiary/aromatic N) is 1. The lowest BCUT2D eigenvalue weighted by molar-refractivity contribution is 0.411.